The zero-order valence-electron chi connectivity index (χ0n) is 11.5. The molecule has 0 spiro atoms. The van der Waals surface area contributed by atoms with E-state index in [1.807, 2.05) is 16.7 Å². The van der Waals surface area contributed by atoms with Crippen LogP contribution in [0.25, 0.3) is 0 Å². The molecule has 2 rings (SSSR count). The van der Waals surface area contributed by atoms with Crippen molar-refractivity contribution >= 4 is 23.4 Å². The third-order valence-electron chi connectivity index (χ3n) is 3.32. The summed E-state index contributed by atoms with van der Waals surface area (Å²) in [6.45, 7) is 5.67. The van der Waals surface area contributed by atoms with Gasteiger partial charge in [0.05, 0.1) is 5.56 Å². The molecule has 7 heteroatoms. The van der Waals surface area contributed by atoms with Gasteiger partial charge in [-0.15, -0.1) is 0 Å². The maximum atomic E-state index is 12.8. The number of nitrogen functional groups attached to an aromatic ring is 1. The van der Waals surface area contributed by atoms with Crippen molar-refractivity contribution in [2.24, 2.45) is 0 Å². The Morgan fingerprint density at radius 1 is 1.30 bits per heavy atom. The molecule has 1 fully saturated rings. The Morgan fingerprint density at radius 3 is 2.65 bits per heavy atom. The van der Waals surface area contributed by atoms with E-state index in [-0.39, 0.29) is 10.6 Å². The molecule has 1 aliphatic heterocycles. The Morgan fingerprint density at radius 2 is 2.00 bits per heavy atom. The topological polar surface area (TPSA) is 42.1 Å². The predicted molar refractivity (Wildman–Crippen MR) is 77.0 cm³/mol. The first-order valence-corrected chi connectivity index (χ1v) is 7.40. The molecule has 112 valence electrons. The molecule has 20 heavy (non-hydrogen) atoms. The van der Waals surface area contributed by atoms with Gasteiger partial charge >= 0.3 is 6.18 Å². The molecule has 2 heterocycles. The molecule has 2 N–H and O–H groups in total. The lowest BCUT2D eigenvalue weighted by atomic mass is 10.1. The number of pyridine rings is 1. The van der Waals surface area contributed by atoms with Crippen molar-refractivity contribution in [3.63, 3.8) is 0 Å². The highest BCUT2D eigenvalue weighted by Crippen LogP contribution is 2.35. The molecule has 0 atom stereocenters. The molecule has 0 radical (unpaired) electrons. The van der Waals surface area contributed by atoms with Crippen molar-refractivity contribution in [1.82, 2.24) is 4.98 Å². The number of rotatable bonds is 1. The van der Waals surface area contributed by atoms with Crippen LogP contribution in [0.5, 0.6) is 0 Å². The molecule has 0 saturated carbocycles. The largest absolute Gasteiger partial charge is 0.416 e. The van der Waals surface area contributed by atoms with Gasteiger partial charge in [0.25, 0.3) is 0 Å². The molecule has 0 unspecified atom stereocenters. The van der Waals surface area contributed by atoms with Gasteiger partial charge in [-0.05, 0) is 18.6 Å². The van der Waals surface area contributed by atoms with Crippen molar-refractivity contribution in [1.29, 1.82) is 0 Å². The van der Waals surface area contributed by atoms with E-state index in [0.29, 0.717) is 18.9 Å². The lowest BCUT2D eigenvalue weighted by Gasteiger charge is -2.24. The van der Waals surface area contributed by atoms with Crippen LogP contribution in [0.2, 0.25) is 0 Å². The smallest absolute Gasteiger partial charge is 0.384 e. The number of aromatic nitrogens is 1. The zero-order chi connectivity index (χ0) is 15.0. The van der Waals surface area contributed by atoms with Crippen molar-refractivity contribution in [2.75, 3.05) is 29.5 Å². The van der Waals surface area contributed by atoms with Gasteiger partial charge in [-0.3, -0.25) is 0 Å². The van der Waals surface area contributed by atoms with E-state index in [1.165, 1.54) is 0 Å². The Bertz CT molecular complexity index is 488. The summed E-state index contributed by atoms with van der Waals surface area (Å²) >= 11 is 1.83. The van der Waals surface area contributed by atoms with E-state index < -0.39 is 11.7 Å². The van der Waals surface area contributed by atoms with Crippen LogP contribution in [0.15, 0.2) is 12.1 Å². The first-order valence-electron chi connectivity index (χ1n) is 6.41. The lowest BCUT2D eigenvalue weighted by molar-refractivity contribution is -0.137. The van der Waals surface area contributed by atoms with E-state index >= 15 is 0 Å². The van der Waals surface area contributed by atoms with Gasteiger partial charge in [0, 0.05) is 23.6 Å². The maximum absolute atomic E-state index is 12.8. The van der Waals surface area contributed by atoms with Crippen LogP contribution in [-0.2, 0) is 6.18 Å². The van der Waals surface area contributed by atoms with Crippen LogP contribution in [0, 0.1) is 0 Å². The number of thioether (sulfide) groups is 1. The van der Waals surface area contributed by atoms with E-state index in [0.717, 1.165) is 24.3 Å². The fourth-order valence-electron chi connectivity index (χ4n) is 2.11. The van der Waals surface area contributed by atoms with Crippen molar-refractivity contribution < 1.29 is 13.2 Å². The van der Waals surface area contributed by atoms with Crippen LogP contribution in [-0.4, -0.2) is 28.6 Å². The average molecular weight is 305 g/mol. The van der Waals surface area contributed by atoms with Gasteiger partial charge < -0.3 is 10.6 Å². The number of hydrogen-bond acceptors (Lipinski definition) is 4. The fourth-order valence-corrected chi connectivity index (χ4v) is 3.21. The summed E-state index contributed by atoms with van der Waals surface area (Å²) < 4.78 is 38.6. The van der Waals surface area contributed by atoms with Gasteiger partial charge in [-0.2, -0.15) is 24.9 Å². The third kappa shape index (κ3) is 3.71. The van der Waals surface area contributed by atoms with E-state index in [4.69, 9.17) is 5.73 Å². The molecule has 3 nitrogen and oxygen atoms in total. The summed E-state index contributed by atoms with van der Waals surface area (Å²) in [5.41, 5.74) is 4.77. The number of anilines is 2. The molecule has 1 aromatic heterocycles. The maximum Gasteiger partial charge on any atom is 0.416 e. The summed E-state index contributed by atoms with van der Waals surface area (Å²) in [5.74, 6) is 1.09. The van der Waals surface area contributed by atoms with Crippen molar-refractivity contribution in [3.05, 3.63) is 17.7 Å². The summed E-state index contributed by atoms with van der Waals surface area (Å²) in [6, 6.07) is 1.96. The van der Waals surface area contributed by atoms with Gasteiger partial charge in [0.1, 0.15) is 11.6 Å². The summed E-state index contributed by atoms with van der Waals surface area (Å²) in [5, 5.41) is 0. The summed E-state index contributed by atoms with van der Waals surface area (Å²) in [7, 11) is 0. The third-order valence-corrected chi connectivity index (χ3v) is 4.69. The first kappa shape index (κ1) is 15.3. The zero-order valence-corrected chi connectivity index (χ0v) is 12.3. The Balaban J connectivity index is 2.26. The quantitative estimate of drug-likeness (QED) is 0.863. The van der Waals surface area contributed by atoms with Gasteiger partial charge in [-0.1, -0.05) is 13.8 Å². The average Bonchev–Trinajstić information content (AvgIpc) is 2.48. The van der Waals surface area contributed by atoms with Crippen LogP contribution in [0.3, 0.4) is 0 Å². The highest BCUT2D eigenvalue weighted by molar-refractivity contribution is 8.00. The molecule has 0 aromatic carbocycles. The standard InChI is InChI=1S/C13H18F3N3S/c1-12(2)3-4-19(5-6-20-12)11-8-9(13(14,15)16)7-10(17)18-11/h7-8H,3-6H2,1-2H3,(H2,17,18). The normalized spacial score (nSPS) is 19.8. The molecule has 1 aliphatic rings. The number of nitrogens with two attached hydrogens (primary N) is 1. The number of halogens is 3. The highest BCUT2D eigenvalue weighted by atomic mass is 32.2. The minimum absolute atomic E-state index is 0.0917. The van der Waals surface area contributed by atoms with Gasteiger partial charge in [0.15, 0.2) is 0 Å². The SMILES string of the molecule is CC1(C)CCN(c2cc(C(F)(F)F)cc(N)n2)CCS1. The Labute approximate surface area is 120 Å². The second kappa shape index (κ2) is 5.35. The highest BCUT2D eigenvalue weighted by Gasteiger charge is 2.32. The van der Waals surface area contributed by atoms with Crippen molar-refractivity contribution in [3.8, 4) is 0 Å². The van der Waals surface area contributed by atoms with Crippen molar-refractivity contribution in [2.45, 2.75) is 31.2 Å². The monoisotopic (exact) mass is 305 g/mol. The Kier molecular flexibility index (Phi) is 4.09. The molecule has 0 bridgehead atoms. The first-order chi connectivity index (χ1) is 9.17. The minimum atomic E-state index is -4.40. The fraction of sp³-hybridized carbons (Fsp3) is 0.615. The predicted octanol–water partition coefficient (Wildman–Crippen LogP) is 3.40. The molecule has 1 saturated heterocycles. The molecule has 0 aliphatic carbocycles. The molecular formula is C13H18F3N3S. The molecular weight excluding hydrogens is 287 g/mol. The van der Waals surface area contributed by atoms with Crippen LogP contribution < -0.4 is 10.6 Å². The molecule has 0 amide bonds. The number of hydrogen-bond donors (Lipinski definition) is 1. The van der Waals surface area contributed by atoms with Gasteiger partial charge in [-0.25, -0.2) is 4.98 Å². The van der Waals surface area contributed by atoms with E-state index in [9.17, 15) is 13.2 Å². The van der Waals surface area contributed by atoms with Crippen LogP contribution in [0.1, 0.15) is 25.8 Å². The lowest BCUT2D eigenvalue weighted by Crippen LogP contribution is -2.28. The number of nitrogens with zero attached hydrogens (tertiary/aromatic N) is 2. The molecule has 1 aromatic rings. The van der Waals surface area contributed by atoms with Gasteiger partial charge in [0.2, 0.25) is 0 Å². The Hall–Kier alpha value is -1.11. The second-order valence-corrected chi connectivity index (χ2v) is 7.28. The number of alkyl halides is 3. The van der Waals surface area contributed by atoms with Crippen LogP contribution in [0.4, 0.5) is 24.8 Å². The summed E-state index contributed by atoms with van der Waals surface area (Å²) in [4.78, 5) is 5.94. The minimum Gasteiger partial charge on any atom is -0.384 e. The second-order valence-electron chi connectivity index (χ2n) is 5.48. The van der Waals surface area contributed by atoms with E-state index in [2.05, 4.69) is 18.8 Å². The van der Waals surface area contributed by atoms with E-state index in [1.54, 1.807) is 0 Å². The summed E-state index contributed by atoms with van der Waals surface area (Å²) in [6.07, 6.45) is -3.50. The van der Waals surface area contributed by atoms with Crippen LogP contribution >= 0.6 is 11.8 Å².